The van der Waals surface area contributed by atoms with Crippen molar-refractivity contribution in [2.24, 2.45) is 0 Å². The number of anilines is 1. The van der Waals surface area contributed by atoms with Gasteiger partial charge in [0.1, 0.15) is 6.04 Å². The molecule has 2 aromatic rings. The predicted molar refractivity (Wildman–Crippen MR) is 82.5 cm³/mol. The highest BCUT2D eigenvalue weighted by molar-refractivity contribution is 7.99. The largest absolute Gasteiger partial charge is 0.480 e. The summed E-state index contributed by atoms with van der Waals surface area (Å²) in [6, 6.07) is 17.3. The third kappa shape index (κ3) is 3.33. The smallest absolute Gasteiger partial charge is 0.326 e. The molecule has 0 radical (unpaired) electrons. The molecule has 0 fully saturated rings. The third-order valence-electron chi connectivity index (χ3n) is 3.15. The van der Waals surface area contributed by atoms with E-state index in [1.807, 2.05) is 61.6 Å². The number of para-hydroxylation sites is 1. The molecule has 0 heterocycles. The van der Waals surface area contributed by atoms with E-state index in [0.29, 0.717) is 0 Å². The highest BCUT2D eigenvalue weighted by atomic mass is 32.2. The van der Waals surface area contributed by atoms with Crippen molar-refractivity contribution in [3.8, 4) is 0 Å². The second-order valence-corrected chi connectivity index (χ2v) is 5.62. The topological polar surface area (TPSA) is 40.5 Å². The molecule has 3 nitrogen and oxygen atoms in total. The summed E-state index contributed by atoms with van der Waals surface area (Å²) >= 11 is 1.64. The highest BCUT2D eigenvalue weighted by Gasteiger charge is 2.19. The predicted octanol–water partition coefficient (Wildman–Crippen LogP) is 3.75. The lowest BCUT2D eigenvalue weighted by Gasteiger charge is -2.25. The zero-order valence-electron chi connectivity index (χ0n) is 11.5. The van der Waals surface area contributed by atoms with Crippen molar-refractivity contribution >= 4 is 23.4 Å². The maximum Gasteiger partial charge on any atom is 0.326 e. The molecule has 2 rings (SSSR count). The molecule has 0 saturated carbocycles. The second-order valence-electron chi connectivity index (χ2n) is 4.51. The number of aliphatic carboxylic acids is 1. The quantitative estimate of drug-likeness (QED) is 0.909. The van der Waals surface area contributed by atoms with Gasteiger partial charge in [-0.25, -0.2) is 4.79 Å². The molecule has 0 aromatic heterocycles. The first-order chi connectivity index (χ1) is 9.59. The van der Waals surface area contributed by atoms with Crippen molar-refractivity contribution in [2.75, 3.05) is 11.9 Å². The van der Waals surface area contributed by atoms with Crippen molar-refractivity contribution in [2.45, 2.75) is 22.8 Å². The number of carbonyl (C=O) groups is 1. The van der Waals surface area contributed by atoms with Gasteiger partial charge in [-0.05, 0) is 31.2 Å². The highest BCUT2D eigenvalue weighted by Crippen LogP contribution is 2.35. The summed E-state index contributed by atoms with van der Waals surface area (Å²) in [5, 5.41) is 9.15. The number of hydrogen-bond acceptors (Lipinski definition) is 3. The van der Waals surface area contributed by atoms with Gasteiger partial charge in [0.15, 0.2) is 0 Å². The van der Waals surface area contributed by atoms with E-state index in [9.17, 15) is 4.79 Å². The number of likely N-dealkylation sites (N-methyl/N-ethyl adjacent to an activating group) is 1. The monoisotopic (exact) mass is 287 g/mol. The van der Waals surface area contributed by atoms with Gasteiger partial charge in [-0.1, -0.05) is 42.1 Å². The molecule has 4 heteroatoms. The molecule has 0 bridgehead atoms. The van der Waals surface area contributed by atoms with Crippen molar-refractivity contribution in [1.29, 1.82) is 0 Å². The molecule has 1 atom stereocenters. The second kappa shape index (κ2) is 6.48. The summed E-state index contributed by atoms with van der Waals surface area (Å²) in [6.07, 6.45) is 0. The Morgan fingerprint density at radius 1 is 1.10 bits per heavy atom. The minimum atomic E-state index is -0.827. The molecule has 0 spiro atoms. The van der Waals surface area contributed by atoms with Gasteiger partial charge in [-0.2, -0.15) is 0 Å². The number of benzene rings is 2. The van der Waals surface area contributed by atoms with Crippen LogP contribution in [0.4, 0.5) is 5.69 Å². The maximum atomic E-state index is 11.1. The zero-order valence-corrected chi connectivity index (χ0v) is 12.3. The minimum absolute atomic E-state index is 0.562. The number of hydrogen-bond donors (Lipinski definition) is 1. The van der Waals surface area contributed by atoms with E-state index in [4.69, 9.17) is 5.11 Å². The molecule has 104 valence electrons. The molecule has 1 N–H and O–H groups in total. The standard InChI is InChI=1S/C16H17NO2S/c1-12(16(18)19)17(2)14-10-6-7-11-15(14)20-13-8-4-3-5-9-13/h3-12H,1-2H3,(H,18,19). The molecule has 20 heavy (non-hydrogen) atoms. The molecule has 0 aliphatic carbocycles. The van der Waals surface area contributed by atoms with E-state index in [1.54, 1.807) is 23.6 Å². The van der Waals surface area contributed by atoms with E-state index >= 15 is 0 Å². The van der Waals surface area contributed by atoms with Crippen molar-refractivity contribution < 1.29 is 9.90 Å². The number of rotatable bonds is 5. The van der Waals surface area contributed by atoms with Crippen LogP contribution in [-0.2, 0) is 4.79 Å². The van der Waals surface area contributed by atoms with E-state index < -0.39 is 12.0 Å². The fraction of sp³-hybridized carbons (Fsp3) is 0.188. The molecular formula is C16H17NO2S. The average Bonchev–Trinajstić information content (AvgIpc) is 2.47. The lowest BCUT2D eigenvalue weighted by atomic mass is 10.2. The lowest BCUT2D eigenvalue weighted by Crippen LogP contribution is -2.36. The van der Waals surface area contributed by atoms with Crippen LogP contribution in [0.3, 0.4) is 0 Å². The van der Waals surface area contributed by atoms with E-state index in [2.05, 4.69) is 0 Å². The van der Waals surface area contributed by atoms with Gasteiger partial charge >= 0.3 is 5.97 Å². The van der Waals surface area contributed by atoms with Crippen LogP contribution in [0.25, 0.3) is 0 Å². The van der Waals surface area contributed by atoms with Gasteiger partial charge < -0.3 is 10.0 Å². The number of carboxylic acids is 1. The Morgan fingerprint density at radius 2 is 1.70 bits per heavy atom. The van der Waals surface area contributed by atoms with E-state index in [0.717, 1.165) is 15.5 Å². The van der Waals surface area contributed by atoms with Crippen LogP contribution >= 0.6 is 11.8 Å². The van der Waals surface area contributed by atoms with Gasteiger partial charge in [0, 0.05) is 16.8 Å². The summed E-state index contributed by atoms with van der Waals surface area (Å²) in [7, 11) is 1.81. The van der Waals surface area contributed by atoms with Crippen molar-refractivity contribution in [3.05, 3.63) is 54.6 Å². The fourth-order valence-electron chi connectivity index (χ4n) is 1.82. The minimum Gasteiger partial charge on any atom is -0.480 e. The zero-order chi connectivity index (χ0) is 14.5. The SMILES string of the molecule is CC(C(=O)O)N(C)c1ccccc1Sc1ccccc1. The van der Waals surface area contributed by atoms with Crippen LogP contribution < -0.4 is 4.90 Å². The summed E-state index contributed by atoms with van der Waals surface area (Å²) in [4.78, 5) is 15.1. The van der Waals surface area contributed by atoms with Gasteiger partial charge in [-0.3, -0.25) is 0 Å². The Kier molecular flexibility index (Phi) is 4.69. The van der Waals surface area contributed by atoms with Crippen molar-refractivity contribution in [1.82, 2.24) is 0 Å². The molecular weight excluding hydrogens is 270 g/mol. The average molecular weight is 287 g/mol. The fourth-order valence-corrected chi connectivity index (χ4v) is 2.84. The third-order valence-corrected chi connectivity index (χ3v) is 4.23. The van der Waals surface area contributed by atoms with E-state index in [1.165, 1.54) is 0 Å². The van der Waals surface area contributed by atoms with Crippen LogP contribution in [0.5, 0.6) is 0 Å². The first kappa shape index (κ1) is 14.5. The van der Waals surface area contributed by atoms with Crippen LogP contribution in [-0.4, -0.2) is 24.2 Å². The van der Waals surface area contributed by atoms with Crippen LogP contribution in [0, 0.1) is 0 Å². The van der Waals surface area contributed by atoms with Crippen LogP contribution in [0.15, 0.2) is 64.4 Å². The summed E-state index contributed by atoms with van der Waals surface area (Å²) < 4.78 is 0. The van der Waals surface area contributed by atoms with E-state index in [-0.39, 0.29) is 0 Å². The summed E-state index contributed by atoms with van der Waals surface area (Å²) in [5.74, 6) is -0.827. The lowest BCUT2D eigenvalue weighted by molar-refractivity contribution is -0.138. The van der Waals surface area contributed by atoms with Crippen molar-refractivity contribution in [3.63, 3.8) is 0 Å². The first-order valence-electron chi connectivity index (χ1n) is 6.37. The van der Waals surface area contributed by atoms with Crippen LogP contribution in [0.1, 0.15) is 6.92 Å². The maximum absolute atomic E-state index is 11.1. The van der Waals surface area contributed by atoms with Crippen LogP contribution in [0.2, 0.25) is 0 Å². The Bertz CT molecular complexity index is 586. The first-order valence-corrected chi connectivity index (χ1v) is 7.19. The number of nitrogens with zero attached hydrogens (tertiary/aromatic N) is 1. The molecule has 2 aromatic carbocycles. The van der Waals surface area contributed by atoms with Gasteiger partial charge in [0.05, 0.1) is 5.69 Å². The summed E-state index contributed by atoms with van der Waals surface area (Å²) in [6.45, 7) is 1.69. The summed E-state index contributed by atoms with van der Waals surface area (Å²) in [5.41, 5.74) is 0.927. The molecule has 0 amide bonds. The van der Waals surface area contributed by atoms with Gasteiger partial charge in [0.25, 0.3) is 0 Å². The number of carboxylic acid groups (broad SMARTS) is 1. The Labute approximate surface area is 123 Å². The molecule has 0 aliphatic rings. The molecule has 0 saturated heterocycles. The Morgan fingerprint density at radius 3 is 2.35 bits per heavy atom. The molecule has 1 unspecified atom stereocenters. The van der Waals surface area contributed by atoms with Gasteiger partial charge in [-0.15, -0.1) is 0 Å². The van der Waals surface area contributed by atoms with Gasteiger partial charge in [0.2, 0.25) is 0 Å². The normalized spacial score (nSPS) is 11.9. The Hall–Kier alpha value is -1.94. The Balaban J connectivity index is 2.29. The molecule has 0 aliphatic heterocycles.